The molecule has 1 aromatic carbocycles. The van der Waals surface area contributed by atoms with Gasteiger partial charge in [0.2, 0.25) is 5.91 Å². The van der Waals surface area contributed by atoms with Gasteiger partial charge < -0.3 is 15.2 Å². The van der Waals surface area contributed by atoms with Crippen molar-refractivity contribution in [1.29, 1.82) is 0 Å². The summed E-state index contributed by atoms with van der Waals surface area (Å²) in [5.41, 5.74) is 0.914. The smallest absolute Gasteiger partial charge is 0.306 e. The SMILES string of the molecule is O=C(O)CCNC(=O)CCCC(=O)OCc1ccccc1. The number of nitrogens with one attached hydrogen (secondary N) is 1. The van der Waals surface area contributed by atoms with E-state index in [9.17, 15) is 14.4 Å². The second kappa shape index (κ2) is 9.52. The number of aliphatic carboxylic acids is 1. The zero-order chi connectivity index (χ0) is 15.5. The van der Waals surface area contributed by atoms with Crippen LogP contribution in [0.4, 0.5) is 0 Å². The molecule has 6 nitrogen and oxygen atoms in total. The van der Waals surface area contributed by atoms with Crippen molar-refractivity contribution in [2.24, 2.45) is 0 Å². The van der Waals surface area contributed by atoms with Crippen LogP contribution < -0.4 is 5.32 Å². The number of carboxylic acids is 1. The van der Waals surface area contributed by atoms with Crippen LogP contribution in [0.25, 0.3) is 0 Å². The van der Waals surface area contributed by atoms with E-state index in [1.54, 1.807) is 0 Å². The fourth-order valence-corrected chi connectivity index (χ4v) is 1.60. The first-order valence-electron chi connectivity index (χ1n) is 6.76. The Morgan fingerprint density at radius 3 is 2.43 bits per heavy atom. The number of ether oxygens (including phenoxy) is 1. The average molecular weight is 293 g/mol. The van der Waals surface area contributed by atoms with Crippen LogP contribution in [0.2, 0.25) is 0 Å². The lowest BCUT2D eigenvalue weighted by atomic mass is 10.2. The van der Waals surface area contributed by atoms with E-state index in [-0.39, 0.29) is 44.3 Å². The lowest BCUT2D eigenvalue weighted by Gasteiger charge is -2.05. The Morgan fingerprint density at radius 2 is 1.76 bits per heavy atom. The van der Waals surface area contributed by atoms with Gasteiger partial charge in [-0.15, -0.1) is 0 Å². The van der Waals surface area contributed by atoms with E-state index in [0.29, 0.717) is 6.42 Å². The zero-order valence-corrected chi connectivity index (χ0v) is 11.7. The molecule has 2 N–H and O–H groups in total. The van der Waals surface area contributed by atoms with E-state index in [4.69, 9.17) is 9.84 Å². The Kier molecular flexibility index (Phi) is 7.56. The van der Waals surface area contributed by atoms with E-state index in [2.05, 4.69) is 5.32 Å². The van der Waals surface area contributed by atoms with Gasteiger partial charge in [-0.2, -0.15) is 0 Å². The lowest BCUT2D eigenvalue weighted by Crippen LogP contribution is -2.25. The molecule has 0 aromatic heterocycles. The summed E-state index contributed by atoms with van der Waals surface area (Å²) in [5.74, 6) is -1.57. The number of hydrogen-bond donors (Lipinski definition) is 2. The van der Waals surface area contributed by atoms with E-state index >= 15 is 0 Å². The van der Waals surface area contributed by atoms with Crippen molar-refractivity contribution < 1.29 is 24.2 Å². The van der Waals surface area contributed by atoms with Gasteiger partial charge in [-0.05, 0) is 12.0 Å². The van der Waals surface area contributed by atoms with Crippen LogP contribution in [0.3, 0.4) is 0 Å². The highest BCUT2D eigenvalue weighted by atomic mass is 16.5. The Morgan fingerprint density at radius 1 is 1.05 bits per heavy atom. The Hall–Kier alpha value is -2.37. The molecule has 114 valence electrons. The maximum Gasteiger partial charge on any atom is 0.306 e. The minimum Gasteiger partial charge on any atom is -0.481 e. The molecule has 0 fully saturated rings. The molecule has 0 saturated carbocycles. The molecule has 1 amide bonds. The molecule has 1 aromatic rings. The topological polar surface area (TPSA) is 92.7 Å². The van der Waals surface area contributed by atoms with E-state index < -0.39 is 5.97 Å². The number of amides is 1. The summed E-state index contributed by atoms with van der Waals surface area (Å²) in [6.07, 6.45) is 0.622. The molecule has 6 heteroatoms. The van der Waals surface area contributed by atoms with Gasteiger partial charge in [0, 0.05) is 19.4 Å². The maximum atomic E-state index is 11.5. The molecule has 1 rings (SSSR count). The summed E-state index contributed by atoms with van der Waals surface area (Å²) in [4.78, 5) is 33.1. The third-order valence-electron chi connectivity index (χ3n) is 2.69. The highest BCUT2D eigenvalue weighted by Gasteiger charge is 2.07. The quantitative estimate of drug-likeness (QED) is 0.673. The number of carbonyl (C=O) groups excluding carboxylic acids is 2. The number of hydrogen-bond acceptors (Lipinski definition) is 4. The summed E-state index contributed by atoms with van der Waals surface area (Å²) in [6.45, 7) is 0.330. The van der Waals surface area contributed by atoms with Gasteiger partial charge in [0.25, 0.3) is 0 Å². The molecule has 0 heterocycles. The van der Waals surface area contributed by atoms with Gasteiger partial charge in [0.15, 0.2) is 0 Å². The first-order valence-corrected chi connectivity index (χ1v) is 6.76. The van der Waals surface area contributed by atoms with Crippen LogP contribution in [0.5, 0.6) is 0 Å². The summed E-state index contributed by atoms with van der Waals surface area (Å²) in [5, 5.41) is 10.9. The number of esters is 1. The van der Waals surface area contributed by atoms with Crippen molar-refractivity contribution in [3.63, 3.8) is 0 Å². The van der Waals surface area contributed by atoms with Crippen molar-refractivity contribution in [2.45, 2.75) is 32.3 Å². The Balaban J connectivity index is 2.07. The van der Waals surface area contributed by atoms with E-state index in [0.717, 1.165) is 5.56 Å². The van der Waals surface area contributed by atoms with E-state index in [1.165, 1.54) is 0 Å². The van der Waals surface area contributed by atoms with Crippen LogP contribution in [0.1, 0.15) is 31.2 Å². The van der Waals surface area contributed by atoms with Crippen LogP contribution >= 0.6 is 0 Å². The molecule has 0 atom stereocenters. The van der Waals surface area contributed by atoms with Gasteiger partial charge in [-0.25, -0.2) is 0 Å². The molecule has 0 aliphatic rings. The monoisotopic (exact) mass is 293 g/mol. The van der Waals surface area contributed by atoms with Gasteiger partial charge in [0.05, 0.1) is 6.42 Å². The molecule has 0 unspecified atom stereocenters. The average Bonchev–Trinajstić information content (AvgIpc) is 2.46. The Bertz CT molecular complexity index is 472. The van der Waals surface area contributed by atoms with Gasteiger partial charge >= 0.3 is 11.9 Å². The highest BCUT2D eigenvalue weighted by molar-refractivity contribution is 5.77. The lowest BCUT2D eigenvalue weighted by molar-refractivity contribution is -0.145. The third-order valence-corrected chi connectivity index (χ3v) is 2.69. The second-order valence-electron chi connectivity index (χ2n) is 4.49. The van der Waals surface area contributed by atoms with Crippen LogP contribution in [0, 0.1) is 0 Å². The maximum absolute atomic E-state index is 11.5. The van der Waals surface area contributed by atoms with Crippen LogP contribution in [0.15, 0.2) is 30.3 Å². The molecule has 0 aliphatic heterocycles. The van der Waals surface area contributed by atoms with Crippen LogP contribution in [-0.4, -0.2) is 29.5 Å². The van der Waals surface area contributed by atoms with Crippen molar-refractivity contribution in [3.8, 4) is 0 Å². The molecule has 0 saturated heterocycles. The van der Waals surface area contributed by atoms with Crippen molar-refractivity contribution in [1.82, 2.24) is 5.32 Å². The highest BCUT2D eigenvalue weighted by Crippen LogP contribution is 2.03. The van der Waals surface area contributed by atoms with Crippen molar-refractivity contribution in [3.05, 3.63) is 35.9 Å². The van der Waals surface area contributed by atoms with Gasteiger partial charge in [0.1, 0.15) is 6.61 Å². The number of rotatable bonds is 9. The minimum absolute atomic E-state index is 0.104. The van der Waals surface area contributed by atoms with Crippen molar-refractivity contribution >= 4 is 17.8 Å². The molecule has 0 bridgehead atoms. The first-order chi connectivity index (χ1) is 10.1. The van der Waals surface area contributed by atoms with Gasteiger partial charge in [-0.3, -0.25) is 14.4 Å². The largest absolute Gasteiger partial charge is 0.481 e. The van der Waals surface area contributed by atoms with Crippen molar-refractivity contribution in [2.75, 3.05) is 6.54 Å². The summed E-state index contributed by atoms with van der Waals surface area (Å²) >= 11 is 0. The predicted octanol–water partition coefficient (Wildman–Crippen LogP) is 1.49. The molecule has 0 spiro atoms. The van der Waals surface area contributed by atoms with Gasteiger partial charge in [-0.1, -0.05) is 30.3 Å². The number of carbonyl (C=O) groups is 3. The molecular formula is C15H19NO5. The Labute approximate surface area is 123 Å². The summed E-state index contributed by atoms with van der Waals surface area (Å²) < 4.78 is 5.07. The normalized spacial score (nSPS) is 9.90. The number of benzene rings is 1. The summed E-state index contributed by atoms with van der Waals surface area (Å²) in [6, 6.07) is 9.34. The predicted molar refractivity (Wildman–Crippen MR) is 75.4 cm³/mol. The second-order valence-corrected chi connectivity index (χ2v) is 4.49. The third kappa shape index (κ3) is 8.41. The fourth-order valence-electron chi connectivity index (χ4n) is 1.60. The fraction of sp³-hybridized carbons (Fsp3) is 0.400. The zero-order valence-electron chi connectivity index (χ0n) is 11.7. The summed E-state index contributed by atoms with van der Waals surface area (Å²) in [7, 11) is 0. The molecule has 0 aliphatic carbocycles. The minimum atomic E-state index is -0.959. The number of carboxylic acid groups (broad SMARTS) is 1. The first kappa shape index (κ1) is 16.7. The van der Waals surface area contributed by atoms with Crippen LogP contribution in [-0.2, 0) is 25.7 Å². The molecule has 0 radical (unpaired) electrons. The van der Waals surface area contributed by atoms with E-state index in [1.807, 2.05) is 30.3 Å². The standard InChI is InChI=1S/C15H19NO5/c17-13(16-10-9-14(18)19)7-4-8-15(20)21-11-12-5-2-1-3-6-12/h1-3,5-6H,4,7-11H2,(H,16,17)(H,18,19). The molecule has 21 heavy (non-hydrogen) atoms. The molecular weight excluding hydrogens is 274 g/mol.